The normalized spacial score (nSPS) is 18.9. The van der Waals surface area contributed by atoms with Gasteiger partial charge in [-0.2, -0.15) is 0 Å². The number of carbonyl (C=O) groups excluding carboxylic acids is 1. The standard InChI is InChI=1S/C23H21NO2/c1-26-23(25)24-21-15-9-8-14-19(21)16-20(17-10-4-2-5-11-17)22(24)18-12-6-3-7-13-18/h2-15,20,22H,16H2,1H3/t20-,22-/m1/s1. The molecule has 1 heterocycles. The molecule has 1 aliphatic heterocycles. The molecule has 0 radical (unpaired) electrons. The lowest BCUT2D eigenvalue weighted by Gasteiger charge is -2.42. The first kappa shape index (κ1) is 16.4. The summed E-state index contributed by atoms with van der Waals surface area (Å²) in [4.78, 5) is 14.6. The predicted molar refractivity (Wildman–Crippen MR) is 103 cm³/mol. The maximum Gasteiger partial charge on any atom is 0.414 e. The molecule has 0 aliphatic carbocycles. The van der Waals surface area contributed by atoms with Crippen LogP contribution < -0.4 is 4.90 Å². The van der Waals surface area contributed by atoms with Crippen LogP contribution in [0.15, 0.2) is 84.9 Å². The third kappa shape index (κ3) is 2.86. The second-order valence-corrected chi connectivity index (χ2v) is 6.55. The Morgan fingerprint density at radius 3 is 2.08 bits per heavy atom. The maximum atomic E-state index is 12.8. The summed E-state index contributed by atoms with van der Waals surface area (Å²) in [6.45, 7) is 0. The van der Waals surface area contributed by atoms with Crippen molar-refractivity contribution in [1.82, 2.24) is 0 Å². The van der Waals surface area contributed by atoms with Crippen molar-refractivity contribution in [2.75, 3.05) is 12.0 Å². The van der Waals surface area contributed by atoms with Gasteiger partial charge in [-0.05, 0) is 29.2 Å². The number of ether oxygens (including phenoxy) is 1. The Labute approximate surface area is 153 Å². The summed E-state index contributed by atoms with van der Waals surface area (Å²) in [5.41, 5.74) is 4.44. The van der Waals surface area contributed by atoms with Crippen molar-refractivity contribution >= 4 is 11.8 Å². The van der Waals surface area contributed by atoms with Crippen molar-refractivity contribution in [3.63, 3.8) is 0 Å². The molecule has 3 heteroatoms. The Morgan fingerprint density at radius 1 is 0.846 bits per heavy atom. The van der Waals surface area contributed by atoms with Crippen LogP contribution in [0.25, 0.3) is 0 Å². The quantitative estimate of drug-likeness (QED) is 0.628. The third-order valence-corrected chi connectivity index (χ3v) is 5.09. The highest BCUT2D eigenvalue weighted by Crippen LogP contribution is 2.46. The number of carbonyl (C=O) groups is 1. The van der Waals surface area contributed by atoms with Crippen LogP contribution >= 0.6 is 0 Å². The van der Waals surface area contributed by atoms with Crippen LogP contribution in [0.3, 0.4) is 0 Å². The smallest absolute Gasteiger partial charge is 0.414 e. The van der Waals surface area contributed by atoms with Gasteiger partial charge in [0.1, 0.15) is 0 Å². The monoisotopic (exact) mass is 343 g/mol. The number of hydrogen-bond acceptors (Lipinski definition) is 2. The van der Waals surface area contributed by atoms with Gasteiger partial charge in [-0.15, -0.1) is 0 Å². The van der Waals surface area contributed by atoms with Crippen molar-refractivity contribution in [2.45, 2.75) is 18.4 Å². The number of benzene rings is 3. The summed E-state index contributed by atoms with van der Waals surface area (Å²) < 4.78 is 5.17. The van der Waals surface area contributed by atoms with Gasteiger partial charge in [0.2, 0.25) is 0 Å². The van der Waals surface area contributed by atoms with Gasteiger partial charge in [0.15, 0.2) is 0 Å². The van der Waals surface area contributed by atoms with Crippen LogP contribution in [-0.4, -0.2) is 13.2 Å². The minimum Gasteiger partial charge on any atom is -0.452 e. The zero-order chi connectivity index (χ0) is 17.9. The van der Waals surface area contributed by atoms with E-state index < -0.39 is 0 Å². The molecule has 0 aromatic heterocycles. The number of para-hydroxylation sites is 1. The molecule has 26 heavy (non-hydrogen) atoms. The Kier molecular flexibility index (Phi) is 4.44. The molecule has 0 fully saturated rings. The van der Waals surface area contributed by atoms with E-state index in [-0.39, 0.29) is 18.1 Å². The molecule has 0 unspecified atom stereocenters. The average Bonchev–Trinajstić information content (AvgIpc) is 2.73. The average molecular weight is 343 g/mol. The highest BCUT2D eigenvalue weighted by Gasteiger charge is 2.39. The molecule has 4 rings (SSSR count). The van der Waals surface area contributed by atoms with Crippen LogP contribution in [0.2, 0.25) is 0 Å². The molecular formula is C23H21NO2. The molecule has 0 bridgehead atoms. The van der Waals surface area contributed by atoms with Crippen LogP contribution in [0.4, 0.5) is 10.5 Å². The molecule has 0 saturated carbocycles. The molecule has 3 nitrogen and oxygen atoms in total. The molecule has 1 amide bonds. The summed E-state index contributed by atoms with van der Waals surface area (Å²) >= 11 is 0. The van der Waals surface area contributed by atoms with E-state index in [1.54, 1.807) is 0 Å². The summed E-state index contributed by atoms with van der Waals surface area (Å²) in [7, 11) is 1.44. The van der Waals surface area contributed by atoms with Gasteiger partial charge in [-0.3, -0.25) is 4.90 Å². The van der Waals surface area contributed by atoms with Crippen molar-refractivity contribution in [2.24, 2.45) is 0 Å². The fourth-order valence-electron chi connectivity index (χ4n) is 3.94. The van der Waals surface area contributed by atoms with Gasteiger partial charge >= 0.3 is 6.09 Å². The van der Waals surface area contributed by atoms with E-state index in [0.29, 0.717) is 0 Å². The number of anilines is 1. The molecule has 0 saturated heterocycles. The summed E-state index contributed by atoms with van der Waals surface area (Å²) in [6.07, 6.45) is 0.555. The van der Waals surface area contributed by atoms with E-state index in [1.807, 2.05) is 47.4 Å². The first-order valence-corrected chi connectivity index (χ1v) is 8.84. The molecule has 2 atom stereocenters. The van der Waals surface area contributed by atoms with Gasteiger partial charge in [-0.1, -0.05) is 78.9 Å². The summed E-state index contributed by atoms with van der Waals surface area (Å²) in [5.74, 6) is 0.160. The molecule has 1 aliphatic rings. The van der Waals surface area contributed by atoms with Gasteiger partial charge in [0.05, 0.1) is 18.8 Å². The van der Waals surface area contributed by atoms with Gasteiger partial charge in [0.25, 0.3) is 0 Å². The third-order valence-electron chi connectivity index (χ3n) is 5.09. The Balaban J connectivity index is 1.92. The highest BCUT2D eigenvalue weighted by atomic mass is 16.5. The molecule has 3 aromatic rings. The van der Waals surface area contributed by atoms with E-state index in [4.69, 9.17) is 4.74 Å². The fraction of sp³-hybridized carbons (Fsp3) is 0.174. The molecule has 0 N–H and O–H groups in total. The topological polar surface area (TPSA) is 29.5 Å². The molecule has 3 aromatic carbocycles. The van der Waals surface area contributed by atoms with Gasteiger partial charge in [0, 0.05) is 5.92 Å². The van der Waals surface area contributed by atoms with Crippen LogP contribution in [-0.2, 0) is 11.2 Å². The van der Waals surface area contributed by atoms with E-state index in [1.165, 1.54) is 18.2 Å². The Bertz CT molecular complexity index is 892. The van der Waals surface area contributed by atoms with Crippen molar-refractivity contribution in [1.29, 1.82) is 0 Å². The zero-order valence-electron chi connectivity index (χ0n) is 14.7. The summed E-state index contributed by atoms with van der Waals surface area (Å²) in [6, 6.07) is 28.6. The van der Waals surface area contributed by atoms with Crippen LogP contribution in [0.1, 0.15) is 28.7 Å². The number of fused-ring (bicyclic) bond motifs is 1. The van der Waals surface area contributed by atoms with E-state index >= 15 is 0 Å². The minimum absolute atomic E-state index is 0.110. The zero-order valence-corrected chi connectivity index (χ0v) is 14.7. The Morgan fingerprint density at radius 2 is 1.42 bits per heavy atom. The largest absolute Gasteiger partial charge is 0.452 e. The lowest BCUT2D eigenvalue weighted by atomic mass is 9.78. The number of hydrogen-bond donors (Lipinski definition) is 0. The number of nitrogens with zero attached hydrogens (tertiary/aromatic N) is 1. The number of rotatable bonds is 2. The van der Waals surface area contributed by atoms with Crippen LogP contribution in [0.5, 0.6) is 0 Å². The predicted octanol–water partition coefficient (Wildman–Crippen LogP) is 5.34. The van der Waals surface area contributed by atoms with Crippen molar-refractivity contribution < 1.29 is 9.53 Å². The summed E-state index contributed by atoms with van der Waals surface area (Å²) in [5, 5.41) is 0. The number of amides is 1. The SMILES string of the molecule is COC(=O)N1c2ccccc2C[C@H](c2ccccc2)[C@H]1c1ccccc1. The lowest BCUT2D eigenvalue weighted by Crippen LogP contribution is -2.42. The molecule has 130 valence electrons. The lowest BCUT2D eigenvalue weighted by molar-refractivity contribution is 0.173. The second-order valence-electron chi connectivity index (χ2n) is 6.55. The van der Waals surface area contributed by atoms with Crippen LogP contribution in [0, 0.1) is 0 Å². The van der Waals surface area contributed by atoms with Crippen molar-refractivity contribution in [3.8, 4) is 0 Å². The second kappa shape index (κ2) is 7.04. The molecular weight excluding hydrogens is 322 g/mol. The minimum atomic E-state index is -0.327. The number of methoxy groups -OCH3 is 1. The molecule has 0 spiro atoms. The van der Waals surface area contributed by atoms with E-state index in [9.17, 15) is 4.79 Å². The highest BCUT2D eigenvalue weighted by molar-refractivity contribution is 5.90. The Hall–Kier alpha value is -3.07. The van der Waals surface area contributed by atoms with E-state index in [0.717, 1.165) is 17.7 Å². The van der Waals surface area contributed by atoms with Gasteiger partial charge in [-0.25, -0.2) is 4.79 Å². The first-order valence-electron chi connectivity index (χ1n) is 8.84. The van der Waals surface area contributed by atoms with E-state index in [2.05, 4.69) is 42.5 Å². The van der Waals surface area contributed by atoms with Crippen molar-refractivity contribution in [3.05, 3.63) is 102 Å². The van der Waals surface area contributed by atoms with Gasteiger partial charge < -0.3 is 4.74 Å². The first-order chi connectivity index (χ1) is 12.8. The maximum absolute atomic E-state index is 12.8. The fourth-order valence-corrected chi connectivity index (χ4v) is 3.94.